The number of benzene rings is 1. The molecule has 2 N–H and O–H groups in total. The minimum absolute atomic E-state index is 0.0718. The van der Waals surface area contributed by atoms with Crippen LogP contribution in [-0.4, -0.2) is 36.5 Å². The topological polar surface area (TPSA) is 112 Å². The minimum atomic E-state index is -1.05. The quantitative estimate of drug-likeness (QED) is 0.750. The number of hydrogen-bond acceptors (Lipinski definition) is 7. The van der Waals surface area contributed by atoms with Gasteiger partial charge in [0.2, 0.25) is 5.91 Å². The highest BCUT2D eigenvalue weighted by Crippen LogP contribution is 2.37. The van der Waals surface area contributed by atoms with Crippen molar-refractivity contribution in [2.45, 2.75) is 31.9 Å². The summed E-state index contributed by atoms with van der Waals surface area (Å²) in [5.41, 5.74) is 2.05. The lowest BCUT2D eigenvalue weighted by Gasteiger charge is -2.33. The molecule has 3 heterocycles. The maximum Gasteiger partial charge on any atom is 0.338 e. The predicted molar refractivity (Wildman–Crippen MR) is 108 cm³/mol. The van der Waals surface area contributed by atoms with E-state index in [1.807, 2.05) is 11.0 Å². The highest BCUT2D eigenvalue weighted by molar-refractivity contribution is 7.14. The number of rotatable bonds is 4. The molecule has 0 unspecified atom stereocenters. The summed E-state index contributed by atoms with van der Waals surface area (Å²) in [6, 6.07) is 8.42. The number of carbonyl (C=O) groups is 3. The summed E-state index contributed by atoms with van der Waals surface area (Å²) in [6.07, 6.45) is 0.718. The lowest BCUT2D eigenvalue weighted by Crippen LogP contribution is -2.43. The van der Waals surface area contributed by atoms with Gasteiger partial charge < -0.3 is 20.3 Å². The van der Waals surface area contributed by atoms with E-state index in [9.17, 15) is 14.4 Å². The molecule has 9 heteroatoms. The number of nitrogens with zero attached hydrogens (tertiary/aromatic N) is 2. The molecular weight excluding hydrogens is 392 g/mol. The van der Waals surface area contributed by atoms with Gasteiger partial charge in [0.25, 0.3) is 5.91 Å². The number of amides is 2. The Morgan fingerprint density at radius 3 is 3.03 bits per heavy atom. The first-order valence-corrected chi connectivity index (χ1v) is 10.1. The summed E-state index contributed by atoms with van der Waals surface area (Å²) in [4.78, 5) is 39.1. The third-order valence-corrected chi connectivity index (χ3v) is 5.86. The Morgan fingerprint density at radius 1 is 1.41 bits per heavy atom. The van der Waals surface area contributed by atoms with Gasteiger partial charge in [-0.3, -0.25) is 9.59 Å². The van der Waals surface area contributed by atoms with Gasteiger partial charge in [-0.1, -0.05) is 0 Å². The van der Waals surface area contributed by atoms with E-state index in [4.69, 9.17) is 10.00 Å². The van der Waals surface area contributed by atoms with Crippen molar-refractivity contribution in [2.24, 2.45) is 0 Å². The van der Waals surface area contributed by atoms with E-state index in [-0.39, 0.29) is 17.5 Å². The van der Waals surface area contributed by atoms with Crippen molar-refractivity contribution in [3.63, 3.8) is 0 Å². The van der Waals surface area contributed by atoms with Gasteiger partial charge in [0.1, 0.15) is 17.1 Å². The summed E-state index contributed by atoms with van der Waals surface area (Å²) in [5, 5.41) is 16.6. The molecule has 148 valence electrons. The van der Waals surface area contributed by atoms with Crippen LogP contribution in [0.25, 0.3) is 0 Å². The van der Waals surface area contributed by atoms with E-state index in [2.05, 4.69) is 10.6 Å². The molecule has 2 aromatic rings. The summed E-state index contributed by atoms with van der Waals surface area (Å²) in [7, 11) is 0. The molecule has 4 rings (SSSR count). The zero-order chi connectivity index (χ0) is 20.5. The first-order valence-electron chi connectivity index (χ1n) is 9.19. The molecular formula is C20H18N4O4S. The molecule has 2 aliphatic heterocycles. The Hall–Kier alpha value is -3.38. The van der Waals surface area contributed by atoms with E-state index >= 15 is 0 Å². The number of fused-ring (bicyclic) bond motifs is 3. The van der Waals surface area contributed by atoms with Gasteiger partial charge in [-0.25, -0.2) is 4.79 Å². The Balaban J connectivity index is 1.45. The standard InChI is InChI=1S/C20H18N4O4S/c1-11(17(25)23-19-13(10-21)6-8-29-19)28-20(27)12-4-5-15-14(9-12)22-18(26)16-3-2-7-24(15)16/h4-6,8-9,11,16H,2-3,7H2,1H3,(H,22,26)(H,23,25)/t11-,16-/m1/s1. The number of thiophene rings is 1. The fraction of sp³-hybridized carbons (Fsp3) is 0.300. The Bertz CT molecular complexity index is 1040. The number of carbonyl (C=O) groups excluding carboxylic acids is 3. The average molecular weight is 410 g/mol. The van der Waals surface area contributed by atoms with Crippen LogP contribution in [0.1, 0.15) is 35.7 Å². The van der Waals surface area contributed by atoms with Crippen LogP contribution in [0.2, 0.25) is 0 Å². The molecule has 2 atom stereocenters. The fourth-order valence-corrected chi connectivity index (χ4v) is 4.29. The summed E-state index contributed by atoms with van der Waals surface area (Å²) in [6.45, 7) is 2.27. The molecule has 0 spiro atoms. The maximum absolute atomic E-state index is 12.5. The van der Waals surface area contributed by atoms with Crippen molar-refractivity contribution in [3.05, 3.63) is 40.8 Å². The number of anilines is 3. The van der Waals surface area contributed by atoms with Gasteiger partial charge in [-0.2, -0.15) is 5.26 Å². The van der Waals surface area contributed by atoms with E-state index < -0.39 is 18.0 Å². The van der Waals surface area contributed by atoms with Gasteiger partial charge in [0.15, 0.2) is 6.10 Å². The second kappa shape index (κ2) is 7.56. The van der Waals surface area contributed by atoms with Crippen LogP contribution in [0.3, 0.4) is 0 Å². The van der Waals surface area contributed by atoms with Gasteiger partial charge in [-0.05, 0) is 49.4 Å². The lowest BCUT2D eigenvalue weighted by atomic mass is 10.1. The molecule has 2 amide bonds. The average Bonchev–Trinajstić information content (AvgIpc) is 3.37. The van der Waals surface area contributed by atoms with Crippen LogP contribution < -0.4 is 15.5 Å². The largest absolute Gasteiger partial charge is 0.449 e. The van der Waals surface area contributed by atoms with Crippen molar-refractivity contribution in [1.82, 2.24) is 0 Å². The van der Waals surface area contributed by atoms with E-state index in [0.29, 0.717) is 16.3 Å². The van der Waals surface area contributed by atoms with E-state index in [1.165, 1.54) is 18.3 Å². The lowest BCUT2D eigenvalue weighted by molar-refractivity contribution is -0.123. The molecule has 1 fully saturated rings. The number of esters is 1. The highest BCUT2D eigenvalue weighted by Gasteiger charge is 2.36. The Kier molecular flexibility index (Phi) is 4.94. The second-order valence-corrected chi connectivity index (χ2v) is 7.80. The first-order chi connectivity index (χ1) is 14.0. The van der Waals surface area contributed by atoms with Crippen molar-refractivity contribution < 1.29 is 19.1 Å². The predicted octanol–water partition coefficient (Wildman–Crippen LogP) is 2.72. The summed E-state index contributed by atoms with van der Waals surface area (Å²) < 4.78 is 5.27. The number of nitriles is 1. The Morgan fingerprint density at radius 2 is 2.24 bits per heavy atom. The molecule has 1 saturated heterocycles. The van der Waals surface area contributed by atoms with Crippen LogP contribution in [-0.2, 0) is 14.3 Å². The molecule has 0 aliphatic carbocycles. The number of nitrogens with one attached hydrogen (secondary N) is 2. The van der Waals surface area contributed by atoms with Gasteiger partial charge in [0.05, 0.1) is 22.5 Å². The molecule has 1 aromatic heterocycles. The van der Waals surface area contributed by atoms with Crippen molar-refractivity contribution in [3.8, 4) is 6.07 Å². The monoisotopic (exact) mass is 410 g/mol. The SMILES string of the molecule is C[C@@H](OC(=O)c1ccc2c(c1)NC(=O)[C@H]1CCCN21)C(=O)Nc1sccc1C#N. The molecule has 2 aliphatic rings. The Labute approximate surface area is 171 Å². The minimum Gasteiger partial charge on any atom is -0.449 e. The molecule has 29 heavy (non-hydrogen) atoms. The van der Waals surface area contributed by atoms with E-state index in [0.717, 1.165) is 25.1 Å². The number of hydrogen-bond donors (Lipinski definition) is 2. The van der Waals surface area contributed by atoms with Gasteiger partial charge in [-0.15, -0.1) is 11.3 Å². The molecule has 0 saturated carbocycles. The van der Waals surface area contributed by atoms with Crippen molar-refractivity contribution in [2.75, 3.05) is 22.1 Å². The van der Waals surface area contributed by atoms with Gasteiger partial charge in [0, 0.05) is 6.54 Å². The second-order valence-electron chi connectivity index (χ2n) is 6.88. The highest BCUT2D eigenvalue weighted by atomic mass is 32.1. The smallest absolute Gasteiger partial charge is 0.338 e. The van der Waals surface area contributed by atoms with Crippen molar-refractivity contribution in [1.29, 1.82) is 5.26 Å². The van der Waals surface area contributed by atoms with Crippen LogP contribution in [0, 0.1) is 11.3 Å². The molecule has 8 nitrogen and oxygen atoms in total. The fourth-order valence-electron chi connectivity index (χ4n) is 3.55. The normalized spacial score (nSPS) is 18.1. The molecule has 1 aromatic carbocycles. The van der Waals surface area contributed by atoms with Crippen LogP contribution in [0.15, 0.2) is 29.6 Å². The van der Waals surface area contributed by atoms with Crippen molar-refractivity contribution >= 4 is 45.5 Å². The third-order valence-electron chi connectivity index (χ3n) is 5.03. The molecule has 0 radical (unpaired) electrons. The summed E-state index contributed by atoms with van der Waals surface area (Å²) in [5.74, 6) is -1.26. The van der Waals surface area contributed by atoms with Crippen LogP contribution >= 0.6 is 11.3 Å². The van der Waals surface area contributed by atoms with Crippen LogP contribution in [0.4, 0.5) is 16.4 Å². The molecule has 0 bridgehead atoms. The van der Waals surface area contributed by atoms with E-state index in [1.54, 1.807) is 29.6 Å². The van der Waals surface area contributed by atoms with Gasteiger partial charge >= 0.3 is 5.97 Å². The first kappa shape index (κ1) is 19.0. The van der Waals surface area contributed by atoms with Crippen LogP contribution in [0.5, 0.6) is 0 Å². The maximum atomic E-state index is 12.5. The number of ether oxygens (including phenoxy) is 1. The third kappa shape index (κ3) is 3.54. The summed E-state index contributed by atoms with van der Waals surface area (Å²) >= 11 is 1.22. The zero-order valence-electron chi connectivity index (χ0n) is 15.6. The zero-order valence-corrected chi connectivity index (χ0v) is 16.4.